The smallest absolute Gasteiger partial charge is 0.125 e. The van der Waals surface area contributed by atoms with Crippen LogP contribution in [0.2, 0.25) is 0 Å². The van der Waals surface area contributed by atoms with Crippen LogP contribution in [0.3, 0.4) is 0 Å². The van der Waals surface area contributed by atoms with Gasteiger partial charge in [-0.3, -0.25) is 0 Å². The fourth-order valence-electron chi connectivity index (χ4n) is 2.79. The molecule has 4 atom stereocenters. The van der Waals surface area contributed by atoms with Gasteiger partial charge in [0.25, 0.3) is 0 Å². The first-order valence-corrected chi connectivity index (χ1v) is 8.28. The third-order valence-corrected chi connectivity index (χ3v) is 3.92. The Bertz CT molecular complexity index is 481. The second kappa shape index (κ2) is 9.64. The second-order valence-electron chi connectivity index (χ2n) is 6.57. The maximum atomic E-state index is 11.3. The largest absolute Gasteiger partial charge is 0.374 e. The van der Waals surface area contributed by atoms with Gasteiger partial charge in [-0.2, -0.15) is 0 Å². The minimum absolute atomic E-state index is 0.0406. The Labute approximate surface area is 140 Å². The Hall–Kier alpha value is -1.45. The average molecular weight is 318 g/mol. The summed E-state index contributed by atoms with van der Waals surface area (Å²) in [6, 6.07) is 10.1. The fraction of sp³-hybridized carbons (Fsp3) is 0.550. The van der Waals surface area contributed by atoms with Crippen LogP contribution in [0, 0.1) is 11.8 Å². The summed E-state index contributed by atoms with van der Waals surface area (Å²) in [6.45, 7) is 14.5. The van der Waals surface area contributed by atoms with Gasteiger partial charge in [-0.15, -0.1) is 0 Å². The topological polar surface area (TPSA) is 35.5 Å². The van der Waals surface area contributed by atoms with Crippen molar-refractivity contribution < 1.29 is 14.3 Å². The number of rotatable bonds is 10. The Balaban J connectivity index is 2.83. The molecule has 128 valence electrons. The number of hydrogen-bond acceptors (Lipinski definition) is 3. The molecule has 0 aliphatic carbocycles. The van der Waals surface area contributed by atoms with Gasteiger partial charge in [-0.05, 0) is 26.3 Å². The number of hydrogen-bond donors (Lipinski definition) is 0. The van der Waals surface area contributed by atoms with E-state index in [1.54, 1.807) is 0 Å². The van der Waals surface area contributed by atoms with E-state index in [0.29, 0.717) is 6.61 Å². The number of aldehydes is 1. The summed E-state index contributed by atoms with van der Waals surface area (Å²) in [5.41, 5.74) is 2.07. The van der Waals surface area contributed by atoms with Crippen molar-refractivity contribution in [2.24, 2.45) is 11.8 Å². The number of carbonyl (C=O) groups excluding carboxylic acids is 1. The van der Waals surface area contributed by atoms with Crippen LogP contribution in [0.4, 0.5) is 0 Å². The molecule has 3 heteroatoms. The van der Waals surface area contributed by atoms with Gasteiger partial charge in [-0.25, -0.2) is 0 Å². The van der Waals surface area contributed by atoms with E-state index in [-0.39, 0.29) is 30.1 Å². The van der Waals surface area contributed by atoms with Gasteiger partial charge < -0.3 is 14.3 Å². The molecule has 0 saturated heterocycles. The van der Waals surface area contributed by atoms with Crippen LogP contribution in [0.25, 0.3) is 0 Å². The molecule has 23 heavy (non-hydrogen) atoms. The van der Waals surface area contributed by atoms with E-state index in [4.69, 9.17) is 9.47 Å². The van der Waals surface area contributed by atoms with Crippen LogP contribution in [0.5, 0.6) is 0 Å². The Kier molecular flexibility index (Phi) is 8.21. The third-order valence-electron chi connectivity index (χ3n) is 3.92. The van der Waals surface area contributed by atoms with Crippen molar-refractivity contribution in [3.8, 4) is 0 Å². The average Bonchev–Trinajstić information content (AvgIpc) is 2.52. The van der Waals surface area contributed by atoms with Crippen molar-refractivity contribution in [3.05, 3.63) is 48.0 Å². The molecule has 1 rings (SSSR count). The predicted octanol–water partition coefficient (Wildman–Crippen LogP) is 4.41. The van der Waals surface area contributed by atoms with Gasteiger partial charge in [0.05, 0.1) is 24.9 Å². The van der Waals surface area contributed by atoms with E-state index in [9.17, 15) is 4.79 Å². The third kappa shape index (κ3) is 6.28. The molecule has 1 aromatic carbocycles. The summed E-state index contributed by atoms with van der Waals surface area (Å²) in [5, 5.41) is 0. The Morgan fingerprint density at radius 3 is 2.26 bits per heavy atom. The highest BCUT2D eigenvalue weighted by Gasteiger charge is 2.32. The van der Waals surface area contributed by atoms with Crippen molar-refractivity contribution >= 4 is 6.29 Å². The van der Waals surface area contributed by atoms with Gasteiger partial charge in [0, 0.05) is 11.8 Å². The summed E-state index contributed by atoms with van der Waals surface area (Å²) in [7, 11) is 0. The van der Waals surface area contributed by atoms with E-state index in [1.165, 1.54) is 0 Å². The van der Waals surface area contributed by atoms with Crippen molar-refractivity contribution in [1.29, 1.82) is 0 Å². The van der Waals surface area contributed by atoms with E-state index in [2.05, 4.69) is 13.5 Å². The Morgan fingerprint density at radius 1 is 1.17 bits per heavy atom. The van der Waals surface area contributed by atoms with Gasteiger partial charge in [0.15, 0.2) is 0 Å². The summed E-state index contributed by atoms with van der Waals surface area (Å²) in [5.74, 6) is -0.145. The van der Waals surface area contributed by atoms with Gasteiger partial charge in [0.2, 0.25) is 0 Å². The quantitative estimate of drug-likeness (QED) is 0.473. The molecule has 0 unspecified atom stereocenters. The van der Waals surface area contributed by atoms with Crippen LogP contribution < -0.4 is 0 Å². The molecule has 0 amide bonds. The molecule has 0 spiro atoms. The zero-order valence-corrected chi connectivity index (χ0v) is 15.0. The summed E-state index contributed by atoms with van der Waals surface area (Å²) >= 11 is 0. The molecule has 0 aliphatic rings. The molecule has 0 aromatic heterocycles. The normalized spacial score (nSPS) is 16.6. The first kappa shape index (κ1) is 19.6. The van der Waals surface area contributed by atoms with Crippen molar-refractivity contribution in [3.63, 3.8) is 0 Å². The zero-order valence-electron chi connectivity index (χ0n) is 15.0. The van der Waals surface area contributed by atoms with E-state index < -0.39 is 0 Å². The molecule has 3 nitrogen and oxygen atoms in total. The van der Waals surface area contributed by atoms with Crippen molar-refractivity contribution in [1.82, 2.24) is 0 Å². The summed E-state index contributed by atoms with van der Waals surface area (Å²) < 4.78 is 12.1. The van der Waals surface area contributed by atoms with Crippen molar-refractivity contribution in [2.75, 3.05) is 0 Å². The molecule has 0 heterocycles. The van der Waals surface area contributed by atoms with Crippen LogP contribution in [-0.2, 0) is 20.9 Å². The molecule has 0 bridgehead atoms. The molecular formula is C20H30O3. The molecule has 1 aromatic rings. The van der Waals surface area contributed by atoms with Gasteiger partial charge >= 0.3 is 0 Å². The van der Waals surface area contributed by atoms with E-state index in [1.807, 2.05) is 58.0 Å². The SMILES string of the molecule is C=C(C)[C@@H](OCc1ccccc1)[C@H](C)[C@@H](OC(C)C)[C@@H](C)C=O. The minimum Gasteiger partial charge on any atom is -0.374 e. The number of benzene rings is 1. The zero-order chi connectivity index (χ0) is 17.4. The van der Waals surface area contributed by atoms with Crippen LogP contribution in [0.1, 0.15) is 40.2 Å². The lowest BCUT2D eigenvalue weighted by molar-refractivity contribution is -0.125. The molecule has 0 aliphatic heterocycles. The highest BCUT2D eigenvalue weighted by Crippen LogP contribution is 2.26. The molecule has 0 fully saturated rings. The first-order valence-electron chi connectivity index (χ1n) is 8.28. The van der Waals surface area contributed by atoms with Crippen LogP contribution in [-0.4, -0.2) is 24.6 Å². The lowest BCUT2D eigenvalue weighted by Gasteiger charge is -2.34. The second-order valence-corrected chi connectivity index (χ2v) is 6.57. The van der Waals surface area contributed by atoms with Gasteiger partial charge in [0.1, 0.15) is 6.29 Å². The maximum Gasteiger partial charge on any atom is 0.125 e. The maximum absolute atomic E-state index is 11.3. The highest BCUT2D eigenvalue weighted by molar-refractivity contribution is 5.54. The van der Waals surface area contributed by atoms with Crippen molar-refractivity contribution in [2.45, 2.75) is 59.5 Å². The summed E-state index contributed by atoms with van der Waals surface area (Å²) in [4.78, 5) is 11.3. The monoisotopic (exact) mass is 318 g/mol. The van der Waals surface area contributed by atoms with Crippen LogP contribution >= 0.6 is 0 Å². The van der Waals surface area contributed by atoms with E-state index in [0.717, 1.165) is 17.4 Å². The lowest BCUT2D eigenvalue weighted by atomic mass is 9.87. The lowest BCUT2D eigenvalue weighted by Crippen LogP contribution is -2.40. The van der Waals surface area contributed by atoms with Gasteiger partial charge in [-0.1, -0.05) is 56.3 Å². The molecular weight excluding hydrogens is 288 g/mol. The molecule has 0 saturated carbocycles. The molecule has 0 radical (unpaired) electrons. The predicted molar refractivity (Wildman–Crippen MR) is 94.2 cm³/mol. The number of ether oxygens (including phenoxy) is 2. The standard InChI is InChI=1S/C20H30O3/c1-14(2)19(22-13-18-10-8-7-9-11-18)17(6)20(16(5)12-21)23-15(3)4/h7-12,15-17,19-20H,1,13H2,2-6H3/t16-,17-,19+,20-/m0/s1. The summed E-state index contributed by atoms with van der Waals surface area (Å²) in [6.07, 6.45) is 0.673. The molecule has 0 N–H and O–H groups in total. The first-order chi connectivity index (χ1) is 10.9. The minimum atomic E-state index is -0.190. The highest BCUT2D eigenvalue weighted by atomic mass is 16.5. The number of carbonyl (C=O) groups is 1. The Morgan fingerprint density at radius 2 is 1.78 bits per heavy atom. The van der Waals surface area contributed by atoms with E-state index >= 15 is 0 Å². The van der Waals surface area contributed by atoms with Crippen LogP contribution in [0.15, 0.2) is 42.5 Å². The fourth-order valence-corrected chi connectivity index (χ4v) is 2.79.